The number of rotatable bonds is 13. The molecule has 0 fully saturated rings. The standard InChI is InChI=1S/C33H39N5O4/c1-21(34)32(41)35-22(2)33(42)37-27(19-23-11-5-3-6-12-23)29(39)17-18-30(40)38-31(24-13-7-4-8-14-24)28-20-25-15-9-10-16-26(25)36-28/h3-16,20-22,27,29,31,36,39H,17-19,34H2,1-2H3,(H,35,41)(H,37,42)(H,38,40)/t21-,22-,27-,29-,31?/m0/s1. The van der Waals surface area contributed by atoms with Crippen LogP contribution in [0.5, 0.6) is 0 Å². The van der Waals surface area contributed by atoms with Gasteiger partial charge in [0.15, 0.2) is 0 Å². The molecule has 4 rings (SSSR count). The highest BCUT2D eigenvalue weighted by Gasteiger charge is 2.27. The molecule has 1 heterocycles. The molecule has 0 radical (unpaired) electrons. The third-order valence-electron chi connectivity index (χ3n) is 7.22. The van der Waals surface area contributed by atoms with Gasteiger partial charge in [-0.2, -0.15) is 0 Å². The summed E-state index contributed by atoms with van der Waals surface area (Å²) in [4.78, 5) is 41.5. The largest absolute Gasteiger partial charge is 0.391 e. The molecule has 1 aromatic heterocycles. The van der Waals surface area contributed by atoms with E-state index in [0.717, 1.165) is 27.7 Å². The summed E-state index contributed by atoms with van der Waals surface area (Å²) in [5.74, 6) is -1.13. The van der Waals surface area contributed by atoms with E-state index in [2.05, 4.69) is 20.9 Å². The monoisotopic (exact) mass is 569 g/mol. The Hall–Kier alpha value is -4.47. The first kappa shape index (κ1) is 30.5. The number of nitrogens with two attached hydrogens (primary N) is 1. The molecular formula is C33H39N5O4. The normalized spacial score (nSPS) is 14.8. The molecule has 0 spiro atoms. The molecule has 42 heavy (non-hydrogen) atoms. The molecule has 220 valence electrons. The fourth-order valence-corrected chi connectivity index (χ4v) is 4.82. The van der Waals surface area contributed by atoms with Crippen molar-refractivity contribution in [3.05, 3.63) is 108 Å². The van der Waals surface area contributed by atoms with Crippen LogP contribution >= 0.6 is 0 Å². The maximum absolute atomic E-state index is 13.2. The van der Waals surface area contributed by atoms with Crippen LogP contribution in [0.3, 0.4) is 0 Å². The van der Waals surface area contributed by atoms with E-state index in [1.54, 1.807) is 6.92 Å². The highest BCUT2D eigenvalue weighted by atomic mass is 16.3. The number of aliphatic hydroxyl groups is 1. The molecule has 0 aliphatic heterocycles. The molecule has 9 heteroatoms. The number of aliphatic hydroxyl groups excluding tert-OH is 1. The number of carbonyl (C=O) groups is 3. The minimum Gasteiger partial charge on any atom is -0.391 e. The summed E-state index contributed by atoms with van der Waals surface area (Å²) < 4.78 is 0. The van der Waals surface area contributed by atoms with E-state index in [9.17, 15) is 19.5 Å². The Morgan fingerprint density at radius 3 is 2.14 bits per heavy atom. The highest BCUT2D eigenvalue weighted by molar-refractivity contribution is 5.89. The second kappa shape index (κ2) is 14.4. The van der Waals surface area contributed by atoms with Crippen LogP contribution in [0.4, 0.5) is 0 Å². The molecule has 0 saturated heterocycles. The third-order valence-corrected chi connectivity index (χ3v) is 7.22. The topological polar surface area (TPSA) is 149 Å². The van der Waals surface area contributed by atoms with Crippen molar-refractivity contribution >= 4 is 28.6 Å². The molecule has 0 aliphatic carbocycles. The molecule has 3 amide bonds. The Morgan fingerprint density at radius 2 is 1.48 bits per heavy atom. The van der Waals surface area contributed by atoms with Gasteiger partial charge in [-0.25, -0.2) is 0 Å². The summed E-state index contributed by atoms with van der Waals surface area (Å²) in [5, 5.41) is 20.8. The number of amides is 3. The first-order chi connectivity index (χ1) is 20.2. The zero-order chi connectivity index (χ0) is 30.1. The van der Waals surface area contributed by atoms with Crippen molar-refractivity contribution in [2.45, 2.75) is 63.4 Å². The van der Waals surface area contributed by atoms with Gasteiger partial charge in [-0.05, 0) is 55.3 Å². The molecule has 7 N–H and O–H groups in total. The van der Waals surface area contributed by atoms with Gasteiger partial charge in [0.2, 0.25) is 17.7 Å². The van der Waals surface area contributed by atoms with Crippen LogP contribution in [0, 0.1) is 0 Å². The number of nitrogens with one attached hydrogen (secondary N) is 4. The van der Waals surface area contributed by atoms with Gasteiger partial charge >= 0.3 is 0 Å². The van der Waals surface area contributed by atoms with Crippen LogP contribution in [0.2, 0.25) is 0 Å². The molecular weight excluding hydrogens is 530 g/mol. The molecule has 0 bridgehead atoms. The lowest BCUT2D eigenvalue weighted by Gasteiger charge is -2.26. The predicted octanol–water partition coefficient (Wildman–Crippen LogP) is 3.09. The lowest BCUT2D eigenvalue weighted by molar-refractivity contribution is -0.130. The van der Waals surface area contributed by atoms with Crippen molar-refractivity contribution in [2.24, 2.45) is 5.73 Å². The zero-order valence-corrected chi connectivity index (χ0v) is 23.9. The Bertz CT molecular complexity index is 1440. The van der Waals surface area contributed by atoms with E-state index < -0.39 is 42.1 Å². The number of fused-ring (bicyclic) bond motifs is 1. The van der Waals surface area contributed by atoms with Gasteiger partial charge in [-0.1, -0.05) is 78.9 Å². The van der Waals surface area contributed by atoms with Crippen LogP contribution in [-0.4, -0.2) is 52.0 Å². The number of carbonyl (C=O) groups excluding carboxylic acids is 3. The summed E-state index contributed by atoms with van der Waals surface area (Å²) in [5.41, 5.74) is 9.28. The molecule has 3 aromatic carbocycles. The number of hydrogen-bond donors (Lipinski definition) is 6. The number of aromatic nitrogens is 1. The quantitative estimate of drug-likeness (QED) is 0.146. The van der Waals surface area contributed by atoms with Gasteiger partial charge in [-0.3, -0.25) is 14.4 Å². The summed E-state index contributed by atoms with van der Waals surface area (Å²) in [6.07, 6.45) is -0.494. The fraction of sp³-hybridized carbons (Fsp3) is 0.303. The molecule has 5 atom stereocenters. The van der Waals surface area contributed by atoms with Crippen LogP contribution in [0.15, 0.2) is 91.0 Å². The van der Waals surface area contributed by atoms with Gasteiger partial charge < -0.3 is 31.8 Å². The minimum atomic E-state index is -1.01. The van der Waals surface area contributed by atoms with E-state index >= 15 is 0 Å². The fourth-order valence-electron chi connectivity index (χ4n) is 4.82. The second-order valence-corrected chi connectivity index (χ2v) is 10.7. The third kappa shape index (κ3) is 8.28. The zero-order valence-electron chi connectivity index (χ0n) is 23.9. The van der Waals surface area contributed by atoms with Gasteiger partial charge in [0.1, 0.15) is 6.04 Å². The van der Waals surface area contributed by atoms with Crippen LogP contribution in [-0.2, 0) is 20.8 Å². The van der Waals surface area contributed by atoms with E-state index in [0.29, 0.717) is 6.42 Å². The van der Waals surface area contributed by atoms with Crippen molar-refractivity contribution in [1.82, 2.24) is 20.9 Å². The van der Waals surface area contributed by atoms with E-state index in [4.69, 9.17) is 5.73 Å². The number of para-hydroxylation sites is 1. The Balaban J connectivity index is 1.44. The molecule has 0 saturated carbocycles. The lowest BCUT2D eigenvalue weighted by Crippen LogP contribution is -2.54. The van der Waals surface area contributed by atoms with Crippen molar-refractivity contribution in [3.8, 4) is 0 Å². The van der Waals surface area contributed by atoms with Gasteiger partial charge in [0.05, 0.1) is 24.2 Å². The SMILES string of the molecule is C[C@H](N)C(=O)N[C@@H](C)C(=O)N[C@@H](Cc1ccccc1)[C@@H](O)CCC(=O)NC(c1ccccc1)c1cc2ccccc2[nH]1. The summed E-state index contributed by atoms with van der Waals surface area (Å²) >= 11 is 0. The Labute approximate surface area is 245 Å². The molecule has 9 nitrogen and oxygen atoms in total. The predicted molar refractivity (Wildman–Crippen MR) is 163 cm³/mol. The first-order valence-electron chi connectivity index (χ1n) is 14.2. The smallest absolute Gasteiger partial charge is 0.242 e. The van der Waals surface area contributed by atoms with Crippen molar-refractivity contribution in [2.75, 3.05) is 0 Å². The Morgan fingerprint density at radius 1 is 0.833 bits per heavy atom. The average molecular weight is 570 g/mol. The lowest BCUT2D eigenvalue weighted by atomic mass is 9.97. The Kier molecular flexibility index (Phi) is 10.5. The van der Waals surface area contributed by atoms with Crippen molar-refractivity contribution in [3.63, 3.8) is 0 Å². The summed E-state index contributed by atoms with van der Waals surface area (Å²) in [6, 6.07) is 26.4. The van der Waals surface area contributed by atoms with Crippen molar-refractivity contribution in [1.29, 1.82) is 0 Å². The number of hydrogen-bond acceptors (Lipinski definition) is 5. The average Bonchev–Trinajstić information content (AvgIpc) is 3.43. The highest BCUT2D eigenvalue weighted by Crippen LogP contribution is 2.25. The van der Waals surface area contributed by atoms with Gasteiger partial charge in [0.25, 0.3) is 0 Å². The van der Waals surface area contributed by atoms with Crippen molar-refractivity contribution < 1.29 is 19.5 Å². The second-order valence-electron chi connectivity index (χ2n) is 10.7. The van der Waals surface area contributed by atoms with E-state index in [1.165, 1.54) is 6.92 Å². The van der Waals surface area contributed by atoms with Gasteiger partial charge in [0, 0.05) is 17.6 Å². The summed E-state index contributed by atoms with van der Waals surface area (Å²) in [6.45, 7) is 3.09. The molecule has 1 unspecified atom stereocenters. The van der Waals surface area contributed by atoms with Gasteiger partial charge in [-0.15, -0.1) is 0 Å². The number of H-pyrrole nitrogens is 1. The first-order valence-corrected chi connectivity index (χ1v) is 14.2. The minimum absolute atomic E-state index is 0.0445. The number of aromatic amines is 1. The van der Waals surface area contributed by atoms with Crippen LogP contribution in [0.1, 0.15) is 49.6 Å². The van der Waals surface area contributed by atoms with E-state index in [1.807, 2.05) is 91.0 Å². The maximum atomic E-state index is 13.2. The molecule has 0 aliphatic rings. The summed E-state index contributed by atoms with van der Waals surface area (Å²) in [7, 11) is 0. The number of benzene rings is 3. The van der Waals surface area contributed by atoms with Crippen LogP contribution in [0.25, 0.3) is 10.9 Å². The van der Waals surface area contributed by atoms with E-state index in [-0.39, 0.29) is 18.7 Å². The molecule has 4 aromatic rings. The van der Waals surface area contributed by atoms with Crippen LogP contribution < -0.4 is 21.7 Å². The maximum Gasteiger partial charge on any atom is 0.242 e.